The standard InChI is InChI=1S/C14H8FNO4S.C14H8FNO3S.CH2Cl2/c15-9-6-12-10(5-8(9)14(18)19)16-13(17)7-3-1-2-4-11(7)21(12)20;15-9-6-12-10(5-8(9)14(18)19)16-13(17)7-3-1-2-4-11(7)20-12;2-1-3/h1-6H,(H,16,17)(H,18,19);1-6H,(H,16,17)(H,18,19);1H2. The minimum atomic E-state index is -1.78. The lowest BCUT2D eigenvalue weighted by Crippen LogP contribution is -2.12. The number of carboxylic acid groups (broad SMARTS) is 2. The van der Waals surface area contributed by atoms with E-state index < -0.39 is 51.4 Å². The molecule has 2 heterocycles. The summed E-state index contributed by atoms with van der Waals surface area (Å²) in [7, 11) is -1.78. The number of aromatic carboxylic acids is 2. The molecule has 0 fully saturated rings. The van der Waals surface area contributed by atoms with Crippen molar-refractivity contribution in [2.75, 3.05) is 16.0 Å². The number of hydrogen-bond donors (Lipinski definition) is 4. The molecule has 226 valence electrons. The molecule has 0 aromatic heterocycles. The van der Waals surface area contributed by atoms with E-state index in [1.54, 1.807) is 36.4 Å². The minimum absolute atomic E-state index is 0.0355. The van der Waals surface area contributed by atoms with Crippen molar-refractivity contribution in [1.82, 2.24) is 0 Å². The van der Waals surface area contributed by atoms with Gasteiger partial charge in [0, 0.05) is 9.79 Å². The van der Waals surface area contributed by atoms with Gasteiger partial charge in [-0.25, -0.2) is 22.6 Å². The first-order valence-corrected chi connectivity index (χ1v) is 15.2. The van der Waals surface area contributed by atoms with Gasteiger partial charge in [-0.3, -0.25) is 9.59 Å². The Labute approximate surface area is 264 Å². The molecular formula is C29H18Cl2F2N2O7S2. The predicted octanol–water partition coefficient (Wildman–Crippen LogP) is 6.92. The molecule has 0 saturated heterocycles. The first kappa shape index (κ1) is 32.6. The molecule has 4 aromatic rings. The van der Waals surface area contributed by atoms with Crippen LogP contribution in [-0.4, -0.2) is 43.5 Å². The second kappa shape index (κ2) is 14.0. The average molecular weight is 680 g/mol. The van der Waals surface area contributed by atoms with Crippen molar-refractivity contribution in [3.63, 3.8) is 0 Å². The summed E-state index contributed by atoms with van der Waals surface area (Å²) in [6.45, 7) is 0. The molecule has 2 aliphatic rings. The molecule has 4 N–H and O–H groups in total. The van der Waals surface area contributed by atoms with Gasteiger partial charge in [0.25, 0.3) is 11.8 Å². The molecule has 0 bridgehead atoms. The largest absolute Gasteiger partial charge is 0.478 e. The number of benzene rings is 4. The maximum atomic E-state index is 13.8. The molecule has 2 amide bonds. The zero-order valence-electron chi connectivity index (χ0n) is 21.9. The van der Waals surface area contributed by atoms with Crippen LogP contribution in [-0.2, 0) is 10.8 Å². The number of nitrogens with one attached hydrogen (secondary N) is 2. The van der Waals surface area contributed by atoms with Gasteiger partial charge < -0.3 is 20.8 Å². The number of rotatable bonds is 2. The Hall–Kier alpha value is -4.30. The number of alkyl halides is 2. The average Bonchev–Trinajstić information content (AvgIpc) is 3.18. The quantitative estimate of drug-likeness (QED) is 0.167. The molecule has 4 aromatic carbocycles. The summed E-state index contributed by atoms with van der Waals surface area (Å²) in [5.41, 5.74) is -0.0220. The van der Waals surface area contributed by atoms with Crippen LogP contribution in [0.25, 0.3) is 0 Å². The first-order chi connectivity index (χ1) is 21.0. The van der Waals surface area contributed by atoms with Gasteiger partial charge in [-0.15, -0.1) is 23.2 Å². The van der Waals surface area contributed by atoms with Gasteiger partial charge in [0.2, 0.25) is 0 Å². The highest BCUT2D eigenvalue weighted by molar-refractivity contribution is 7.99. The van der Waals surface area contributed by atoms with Gasteiger partial charge in [-0.05, 0) is 48.5 Å². The Bertz CT molecular complexity index is 1860. The Morgan fingerprint density at radius 3 is 1.86 bits per heavy atom. The topological polar surface area (TPSA) is 150 Å². The van der Waals surface area contributed by atoms with Crippen molar-refractivity contribution in [1.29, 1.82) is 0 Å². The number of carbonyl (C=O) groups excluding carboxylic acids is 2. The summed E-state index contributed by atoms with van der Waals surface area (Å²) in [6.07, 6.45) is 0. The van der Waals surface area contributed by atoms with Crippen LogP contribution in [0.15, 0.2) is 92.4 Å². The third-order valence-electron chi connectivity index (χ3n) is 5.98. The Balaban J connectivity index is 0.000000185. The Morgan fingerprint density at radius 1 is 0.727 bits per heavy atom. The molecule has 1 unspecified atom stereocenters. The summed E-state index contributed by atoms with van der Waals surface area (Å²) >= 11 is 10.8. The van der Waals surface area contributed by atoms with Gasteiger partial charge >= 0.3 is 11.9 Å². The van der Waals surface area contributed by atoms with E-state index in [9.17, 15) is 32.2 Å². The fraction of sp³-hybridized carbons (Fsp3) is 0.0345. The molecule has 15 heteroatoms. The summed E-state index contributed by atoms with van der Waals surface area (Å²) in [5.74, 6) is -5.50. The highest BCUT2D eigenvalue weighted by atomic mass is 35.5. The van der Waals surface area contributed by atoms with Gasteiger partial charge in [-0.1, -0.05) is 36.0 Å². The van der Waals surface area contributed by atoms with Gasteiger partial charge in [0.1, 0.15) is 11.6 Å². The Morgan fingerprint density at radius 2 is 1.23 bits per heavy atom. The number of halogens is 4. The first-order valence-electron chi connectivity index (χ1n) is 12.1. The highest BCUT2D eigenvalue weighted by Crippen LogP contribution is 2.40. The molecule has 0 spiro atoms. The number of hydrogen-bond acceptors (Lipinski definition) is 6. The number of anilines is 2. The van der Waals surface area contributed by atoms with Crippen molar-refractivity contribution < 1.29 is 42.4 Å². The molecule has 9 nitrogen and oxygen atoms in total. The number of carboxylic acids is 2. The van der Waals surface area contributed by atoms with Crippen LogP contribution in [0.4, 0.5) is 20.2 Å². The number of carbonyl (C=O) groups is 4. The normalized spacial score (nSPS) is 14.1. The lowest BCUT2D eigenvalue weighted by atomic mass is 10.1. The zero-order valence-corrected chi connectivity index (χ0v) is 25.0. The summed E-state index contributed by atoms with van der Waals surface area (Å²) in [6, 6.07) is 17.3. The molecule has 6 rings (SSSR count). The maximum Gasteiger partial charge on any atom is 0.338 e. The number of fused-ring (bicyclic) bond motifs is 4. The van der Waals surface area contributed by atoms with Crippen LogP contribution in [0, 0.1) is 11.6 Å². The van der Waals surface area contributed by atoms with Crippen molar-refractivity contribution >= 4 is 80.9 Å². The molecule has 0 aliphatic carbocycles. The lowest BCUT2D eigenvalue weighted by molar-refractivity contribution is 0.0680. The Kier molecular flexibility index (Phi) is 10.4. The smallest absolute Gasteiger partial charge is 0.338 e. The van der Waals surface area contributed by atoms with Crippen LogP contribution < -0.4 is 10.6 Å². The van der Waals surface area contributed by atoms with Gasteiger partial charge in [0.15, 0.2) is 0 Å². The second-order valence-corrected chi connectivity index (χ2v) is 11.9. The van der Waals surface area contributed by atoms with E-state index in [-0.39, 0.29) is 32.3 Å². The van der Waals surface area contributed by atoms with Crippen molar-refractivity contribution in [2.24, 2.45) is 0 Å². The van der Waals surface area contributed by atoms with Crippen molar-refractivity contribution in [2.45, 2.75) is 19.6 Å². The van der Waals surface area contributed by atoms with Crippen LogP contribution in [0.5, 0.6) is 0 Å². The summed E-state index contributed by atoms with van der Waals surface area (Å²) in [5, 5.41) is 23.1. The fourth-order valence-corrected chi connectivity index (χ4v) is 6.40. The van der Waals surface area contributed by atoms with E-state index in [1.807, 2.05) is 0 Å². The van der Waals surface area contributed by atoms with Gasteiger partial charge in [-0.2, -0.15) is 0 Å². The lowest BCUT2D eigenvalue weighted by Gasteiger charge is -2.08. The summed E-state index contributed by atoms with van der Waals surface area (Å²) in [4.78, 5) is 47.5. The third kappa shape index (κ3) is 6.91. The van der Waals surface area contributed by atoms with E-state index in [4.69, 9.17) is 33.4 Å². The molecule has 44 heavy (non-hydrogen) atoms. The molecule has 2 aliphatic heterocycles. The predicted molar refractivity (Wildman–Crippen MR) is 161 cm³/mol. The van der Waals surface area contributed by atoms with E-state index in [0.717, 1.165) is 24.3 Å². The van der Waals surface area contributed by atoms with Crippen molar-refractivity contribution in [3.8, 4) is 0 Å². The van der Waals surface area contributed by atoms with E-state index in [1.165, 1.54) is 23.9 Å². The van der Waals surface area contributed by atoms with Gasteiger partial charge in [0.05, 0.1) is 59.6 Å². The van der Waals surface area contributed by atoms with Crippen LogP contribution in [0.3, 0.4) is 0 Å². The van der Waals surface area contributed by atoms with E-state index in [0.29, 0.717) is 21.0 Å². The van der Waals surface area contributed by atoms with E-state index >= 15 is 0 Å². The minimum Gasteiger partial charge on any atom is -0.478 e. The second-order valence-electron chi connectivity index (χ2n) is 8.64. The molecule has 1 atom stereocenters. The molecular weight excluding hydrogens is 661 g/mol. The third-order valence-corrected chi connectivity index (χ3v) is 8.60. The zero-order chi connectivity index (χ0) is 32.1. The van der Waals surface area contributed by atoms with E-state index in [2.05, 4.69) is 10.6 Å². The van der Waals surface area contributed by atoms with Crippen LogP contribution >= 0.6 is 35.0 Å². The monoisotopic (exact) mass is 678 g/mol. The fourth-order valence-electron chi connectivity index (χ4n) is 4.05. The van der Waals surface area contributed by atoms with Crippen molar-refractivity contribution in [3.05, 3.63) is 107 Å². The van der Waals surface area contributed by atoms with Crippen LogP contribution in [0.2, 0.25) is 0 Å². The SMILES string of the molecule is ClCCl.O=C(O)c1cc2c(cc1F)S(=O)c1ccccc1C(=O)N2.O=C(O)c1cc2c(cc1F)Sc1ccccc1C(=O)N2. The van der Waals surface area contributed by atoms with Crippen LogP contribution in [0.1, 0.15) is 41.4 Å². The summed E-state index contributed by atoms with van der Waals surface area (Å²) < 4.78 is 40.0. The maximum absolute atomic E-state index is 13.8. The molecule has 0 saturated carbocycles. The number of amides is 2. The highest BCUT2D eigenvalue weighted by Gasteiger charge is 2.27. The molecule has 0 radical (unpaired) electrons.